The Hall–Kier alpha value is -3.56. The molecule has 2 unspecified atom stereocenters. The van der Waals surface area contributed by atoms with Crippen molar-refractivity contribution < 1.29 is 30.0 Å². The van der Waals surface area contributed by atoms with Gasteiger partial charge in [-0.25, -0.2) is 45.0 Å². The van der Waals surface area contributed by atoms with Crippen LogP contribution in [0.15, 0.2) is 53.6 Å². The molecule has 2 atom stereocenters. The number of halogens is 3. The normalized spacial score (nSPS) is 27.6. The third kappa shape index (κ3) is 4.42. The summed E-state index contributed by atoms with van der Waals surface area (Å²) in [6, 6.07) is 8.36. The van der Waals surface area contributed by atoms with E-state index >= 15 is 4.39 Å². The fourth-order valence-electron chi connectivity index (χ4n) is 6.84. The van der Waals surface area contributed by atoms with Crippen molar-refractivity contribution in [3.05, 3.63) is 71.1 Å². The van der Waals surface area contributed by atoms with Gasteiger partial charge in [-0.05, 0) is 67.3 Å². The third-order valence-electron chi connectivity index (χ3n) is 9.21. The highest BCUT2D eigenvalue weighted by atomic mass is 32.2. The lowest BCUT2D eigenvalue weighted by molar-refractivity contribution is -0.0274. The standard InChI is InChI=1S/C29H24F3N5O4S3/c30-18-4-2-5-19(31)26(18)44(40,41)37-20-6-1-3-15(22(20)32)24-25(42-27(35-24)29-9-14(10-29)11-29)21-7-8-33-28(34-21)36-23-16-12-43(38,39)13-17(16)23/h1-8,14,16-17,23,37H,9-13H2,(H,33,34,36). The molecule has 9 nitrogen and oxygen atoms in total. The van der Waals surface area contributed by atoms with E-state index in [9.17, 15) is 25.6 Å². The Morgan fingerprint density at radius 1 is 0.932 bits per heavy atom. The molecule has 1 saturated heterocycles. The summed E-state index contributed by atoms with van der Waals surface area (Å²) >= 11 is 1.40. The van der Waals surface area contributed by atoms with Crippen molar-refractivity contribution in [2.24, 2.45) is 17.8 Å². The molecule has 1 aliphatic heterocycles. The molecule has 2 bridgehead atoms. The van der Waals surface area contributed by atoms with E-state index in [1.54, 1.807) is 12.3 Å². The fraction of sp³-hybridized carbons (Fsp3) is 0.345. The molecule has 0 radical (unpaired) electrons. The fourth-order valence-corrected chi connectivity index (χ4v) is 11.5. The van der Waals surface area contributed by atoms with Crippen molar-refractivity contribution >= 4 is 42.8 Å². The molecule has 3 heterocycles. The number of hydrogen-bond donors (Lipinski definition) is 2. The van der Waals surface area contributed by atoms with Crippen LogP contribution in [0.5, 0.6) is 0 Å². The molecular formula is C29H24F3N5O4S3. The summed E-state index contributed by atoms with van der Waals surface area (Å²) < 4.78 is 96.3. The molecule has 5 aliphatic rings. The van der Waals surface area contributed by atoms with Gasteiger partial charge in [0, 0.05) is 23.2 Å². The average Bonchev–Trinajstić information content (AvgIpc) is 3.21. The number of aromatic nitrogens is 3. The second kappa shape index (κ2) is 9.47. The molecule has 0 amide bonds. The minimum atomic E-state index is -4.81. The van der Waals surface area contributed by atoms with Crippen LogP contribution in [0, 0.1) is 35.2 Å². The Bertz CT molecular complexity index is 2030. The van der Waals surface area contributed by atoms with Gasteiger partial charge in [0.2, 0.25) is 5.95 Å². The molecule has 15 heteroatoms. The van der Waals surface area contributed by atoms with Gasteiger partial charge in [0.25, 0.3) is 10.0 Å². The van der Waals surface area contributed by atoms with Gasteiger partial charge >= 0.3 is 0 Å². The summed E-state index contributed by atoms with van der Waals surface area (Å²) in [4.78, 5) is 13.2. The summed E-state index contributed by atoms with van der Waals surface area (Å²) in [6.45, 7) is 0. The van der Waals surface area contributed by atoms with Crippen molar-refractivity contribution in [3.8, 4) is 21.8 Å². The Labute approximate surface area is 255 Å². The first kappa shape index (κ1) is 28.0. The SMILES string of the molecule is O=S1(=O)CC2C(C1)C2Nc1nccc(-c2sc(C34CC(C3)C4)nc2-c2cccc(NS(=O)(=O)c3c(F)cccc3F)c2F)n1. The molecule has 4 aliphatic carbocycles. The van der Waals surface area contributed by atoms with E-state index in [4.69, 9.17) is 4.98 Å². The molecular weight excluding hydrogens is 636 g/mol. The zero-order valence-corrected chi connectivity index (χ0v) is 25.2. The predicted octanol–water partition coefficient (Wildman–Crippen LogP) is 4.99. The number of sulfonamides is 1. The summed E-state index contributed by atoms with van der Waals surface area (Å²) in [5, 5.41) is 4.09. The van der Waals surface area contributed by atoms with Gasteiger partial charge in [-0.1, -0.05) is 12.1 Å². The molecule has 2 N–H and O–H groups in total. The van der Waals surface area contributed by atoms with Crippen LogP contribution in [0.2, 0.25) is 0 Å². The van der Waals surface area contributed by atoms with Gasteiger partial charge in [0.15, 0.2) is 20.5 Å². The zero-order chi connectivity index (χ0) is 30.6. The van der Waals surface area contributed by atoms with Crippen molar-refractivity contribution in [2.75, 3.05) is 21.5 Å². The quantitative estimate of drug-likeness (QED) is 0.271. The smallest absolute Gasteiger partial charge is 0.267 e. The van der Waals surface area contributed by atoms with E-state index in [1.807, 2.05) is 4.72 Å². The van der Waals surface area contributed by atoms with E-state index in [0.717, 1.165) is 42.5 Å². The summed E-state index contributed by atoms with van der Waals surface area (Å²) in [5.41, 5.74) is 0.190. The van der Waals surface area contributed by atoms with Gasteiger partial charge in [0.05, 0.1) is 33.5 Å². The zero-order valence-electron chi connectivity index (χ0n) is 22.8. The average molecular weight is 660 g/mol. The van der Waals surface area contributed by atoms with Crippen LogP contribution in [0.3, 0.4) is 0 Å². The summed E-state index contributed by atoms with van der Waals surface area (Å²) in [6.07, 6.45) is 4.56. The Morgan fingerprint density at radius 2 is 1.61 bits per heavy atom. The molecule has 2 aromatic heterocycles. The maximum atomic E-state index is 16.1. The molecule has 5 fully saturated rings. The van der Waals surface area contributed by atoms with Crippen molar-refractivity contribution in [1.29, 1.82) is 0 Å². The number of rotatable bonds is 8. The second-order valence-corrected chi connectivity index (χ2v) is 16.9. The van der Waals surface area contributed by atoms with Gasteiger partial charge in [-0.15, -0.1) is 11.3 Å². The van der Waals surface area contributed by atoms with Crippen molar-refractivity contribution in [3.63, 3.8) is 0 Å². The number of thiazole rings is 1. The molecule has 9 rings (SSSR count). The van der Waals surface area contributed by atoms with Crippen LogP contribution in [-0.2, 0) is 25.3 Å². The molecule has 4 aromatic rings. The van der Waals surface area contributed by atoms with Crippen LogP contribution in [0.25, 0.3) is 21.8 Å². The number of anilines is 2. The lowest BCUT2D eigenvalue weighted by Gasteiger charge is -2.60. The Kier molecular flexibility index (Phi) is 6.02. The maximum absolute atomic E-state index is 16.1. The van der Waals surface area contributed by atoms with Crippen LogP contribution in [0.4, 0.5) is 24.8 Å². The highest BCUT2D eigenvalue weighted by Gasteiger charge is 2.60. The highest BCUT2D eigenvalue weighted by molar-refractivity contribution is 7.92. The lowest BCUT2D eigenvalue weighted by Crippen LogP contribution is -2.55. The van der Waals surface area contributed by atoms with E-state index in [2.05, 4.69) is 15.3 Å². The molecule has 4 saturated carbocycles. The summed E-state index contributed by atoms with van der Waals surface area (Å²) in [7, 11) is -7.82. The number of hydrogen-bond acceptors (Lipinski definition) is 9. The molecule has 0 spiro atoms. The molecule has 44 heavy (non-hydrogen) atoms. The minimum absolute atomic E-state index is 0.00152. The number of fused-ring (bicyclic) bond motifs is 1. The summed E-state index contributed by atoms with van der Waals surface area (Å²) in [5.74, 6) is -2.24. The Morgan fingerprint density at radius 3 is 2.27 bits per heavy atom. The first-order chi connectivity index (χ1) is 20.9. The van der Waals surface area contributed by atoms with Gasteiger partial charge in [-0.2, -0.15) is 0 Å². The topological polar surface area (TPSA) is 131 Å². The van der Waals surface area contributed by atoms with Crippen LogP contribution in [0.1, 0.15) is 24.3 Å². The lowest BCUT2D eigenvalue weighted by atomic mass is 9.45. The molecule has 228 valence electrons. The first-order valence-electron chi connectivity index (χ1n) is 14.0. The Balaban J connectivity index is 1.16. The van der Waals surface area contributed by atoms with Gasteiger partial charge in [-0.3, -0.25) is 4.72 Å². The van der Waals surface area contributed by atoms with Gasteiger partial charge in [0.1, 0.15) is 16.6 Å². The first-order valence-corrected chi connectivity index (χ1v) is 18.1. The second-order valence-electron chi connectivity index (χ2n) is 12.1. The van der Waals surface area contributed by atoms with Crippen LogP contribution in [-0.4, -0.2) is 49.3 Å². The van der Waals surface area contributed by atoms with Crippen molar-refractivity contribution in [1.82, 2.24) is 15.0 Å². The number of benzene rings is 2. The highest BCUT2D eigenvalue weighted by Crippen LogP contribution is 2.66. The van der Waals surface area contributed by atoms with Gasteiger partial charge < -0.3 is 5.32 Å². The predicted molar refractivity (Wildman–Crippen MR) is 158 cm³/mol. The third-order valence-corrected chi connectivity index (χ3v) is 13.7. The number of nitrogens with zero attached hydrogens (tertiary/aromatic N) is 3. The van der Waals surface area contributed by atoms with E-state index in [1.165, 1.54) is 29.5 Å². The monoisotopic (exact) mass is 659 g/mol. The number of nitrogens with one attached hydrogen (secondary N) is 2. The van der Waals surface area contributed by atoms with Crippen LogP contribution < -0.4 is 10.0 Å². The van der Waals surface area contributed by atoms with Crippen molar-refractivity contribution in [2.45, 2.75) is 35.6 Å². The maximum Gasteiger partial charge on any atom is 0.267 e. The minimum Gasteiger partial charge on any atom is -0.351 e. The molecule has 2 aromatic carbocycles. The van der Waals surface area contributed by atoms with E-state index in [0.29, 0.717) is 22.4 Å². The van der Waals surface area contributed by atoms with E-state index < -0.39 is 47.9 Å². The van der Waals surface area contributed by atoms with E-state index in [-0.39, 0.29) is 46.1 Å². The largest absolute Gasteiger partial charge is 0.351 e. The number of sulfone groups is 1. The van der Waals surface area contributed by atoms with Crippen LogP contribution >= 0.6 is 11.3 Å².